The molecule has 4 rings (SSSR count). The molecule has 168 valence electrons. The van der Waals surface area contributed by atoms with E-state index in [-0.39, 0.29) is 0 Å². The Morgan fingerprint density at radius 2 is 1.71 bits per heavy atom. The molecule has 1 aromatic heterocycles. The number of rotatable bonds is 2. The van der Waals surface area contributed by atoms with E-state index in [1.807, 2.05) is 47.1 Å². The predicted molar refractivity (Wildman–Crippen MR) is 137 cm³/mol. The average molecular weight is 608 g/mol. The quantitative estimate of drug-likeness (QED) is 0.217. The summed E-state index contributed by atoms with van der Waals surface area (Å²) in [5.41, 5.74) is 6.71. The summed E-state index contributed by atoms with van der Waals surface area (Å²) < 4.78 is 2.95. The zero-order valence-corrected chi connectivity index (χ0v) is 22.8. The fourth-order valence-corrected chi connectivity index (χ4v) is 5.48. The van der Waals surface area contributed by atoms with E-state index in [0.29, 0.717) is 0 Å². The Kier molecular flexibility index (Phi) is 12.0. The SMILES string of the molecule is Brc1cccnc1.Cc1cc(C)c(N2[CH-]CCC2)c(C)c1.[Cl][Ru]([Cl])=[CH]c1ccccc1. The van der Waals surface area contributed by atoms with Crippen LogP contribution in [0.25, 0.3) is 0 Å². The van der Waals surface area contributed by atoms with Gasteiger partial charge < -0.3 is 4.90 Å². The van der Waals surface area contributed by atoms with Gasteiger partial charge in [-0.15, -0.1) is 0 Å². The van der Waals surface area contributed by atoms with Crippen molar-refractivity contribution in [2.75, 3.05) is 11.4 Å². The summed E-state index contributed by atoms with van der Waals surface area (Å²) in [6.07, 6.45) is 6.02. The third-order valence-electron chi connectivity index (χ3n) is 4.50. The first-order valence-electron chi connectivity index (χ1n) is 9.98. The monoisotopic (exact) mass is 607 g/mol. The standard InChI is InChI=1S/C13H18N.C7H6.C5H4BrN.2ClH.Ru/c1-10-8-11(2)13(12(3)9-10)14-6-4-5-7-14;1-7-5-3-2-4-6-7;6-5-2-1-3-7-4-5;;;/h6,8-9H,4-5,7H2,1-3H3;1-6H;1-4H;2*1H;/q-1;;;;;+2/p-2. The van der Waals surface area contributed by atoms with E-state index in [9.17, 15) is 0 Å². The summed E-state index contributed by atoms with van der Waals surface area (Å²) in [6.45, 7) is 10.1. The van der Waals surface area contributed by atoms with Crippen molar-refractivity contribution in [1.82, 2.24) is 4.98 Å². The number of hydrogen-bond acceptors (Lipinski definition) is 2. The number of nitrogens with zero attached hydrogens (tertiary/aromatic N) is 2. The van der Waals surface area contributed by atoms with Crippen LogP contribution in [0.5, 0.6) is 0 Å². The Bertz CT molecular complexity index is 933. The van der Waals surface area contributed by atoms with E-state index < -0.39 is 13.5 Å². The van der Waals surface area contributed by atoms with Crippen LogP contribution in [0.1, 0.15) is 35.1 Å². The van der Waals surface area contributed by atoms with Gasteiger partial charge in [0, 0.05) is 22.6 Å². The summed E-state index contributed by atoms with van der Waals surface area (Å²) in [4.78, 5) is 6.24. The summed E-state index contributed by atoms with van der Waals surface area (Å²) in [7, 11) is 11.3. The average Bonchev–Trinajstić information content (AvgIpc) is 3.23. The number of aryl methyl sites for hydroxylation is 3. The molecule has 3 aromatic rings. The van der Waals surface area contributed by atoms with Crippen molar-refractivity contribution in [1.29, 1.82) is 0 Å². The van der Waals surface area contributed by atoms with Crippen LogP contribution in [0.2, 0.25) is 0 Å². The van der Waals surface area contributed by atoms with Gasteiger partial charge >= 0.3 is 73.4 Å². The van der Waals surface area contributed by atoms with Crippen LogP contribution in [0.3, 0.4) is 0 Å². The fourth-order valence-electron chi connectivity index (χ4n) is 3.38. The second kappa shape index (κ2) is 14.2. The van der Waals surface area contributed by atoms with Gasteiger partial charge in [-0.3, -0.25) is 4.98 Å². The van der Waals surface area contributed by atoms with Gasteiger partial charge in [-0.25, -0.2) is 6.54 Å². The fraction of sp³-hybridized carbons (Fsp3) is 0.240. The van der Waals surface area contributed by atoms with E-state index >= 15 is 0 Å². The van der Waals surface area contributed by atoms with Crippen LogP contribution in [0.15, 0.2) is 71.5 Å². The summed E-state index contributed by atoms with van der Waals surface area (Å²) >= 11 is 1.63. The maximum atomic E-state index is 5.67. The third-order valence-corrected chi connectivity index (χ3v) is 6.84. The van der Waals surface area contributed by atoms with E-state index in [4.69, 9.17) is 19.4 Å². The first kappa shape index (κ1) is 26.2. The molecule has 0 saturated carbocycles. The number of benzene rings is 2. The Morgan fingerprint density at radius 3 is 2.16 bits per heavy atom. The Hall–Kier alpha value is -1.06. The molecule has 0 N–H and O–H groups in total. The summed E-state index contributed by atoms with van der Waals surface area (Å²) in [6, 6.07) is 18.3. The number of anilines is 1. The Morgan fingerprint density at radius 1 is 1.03 bits per heavy atom. The zero-order valence-electron chi connectivity index (χ0n) is 18.0. The first-order chi connectivity index (χ1) is 14.9. The van der Waals surface area contributed by atoms with Crippen LogP contribution in [-0.2, 0) is 13.5 Å². The molecule has 1 aliphatic heterocycles. The van der Waals surface area contributed by atoms with Gasteiger partial charge in [0.2, 0.25) is 0 Å². The molecule has 0 bridgehead atoms. The van der Waals surface area contributed by atoms with E-state index in [1.165, 1.54) is 41.8 Å². The van der Waals surface area contributed by atoms with Crippen LogP contribution < -0.4 is 4.90 Å². The van der Waals surface area contributed by atoms with Gasteiger partial charge in [0.1, 0.15) is 0 Å². The van der Waals surface area contributed by atoms with Crippen LogP contribution in [0.4, 0.5) is 5.69 Å². The minimum atomic E-state index is -1.61. The molecule has 0 atom stereocenters. The first-order valence-corrected chi connectivity index (χ1v) is 16.3. The molecule has 1 fully saturated rings. The molecular weight excluding hydrogens is 580 g/mol. The molecule has 6 heteroatoms. The third kappa shape index (κ3) is 9.95. The molecular formula is C25H28BrCl2N2Ru-. The van der Waals surface area contributed by atoms with Gasteiger partial charge in [0.15, 0.2) is 0 Å². The molecule has 2 aromatic carbocycles. The van der Waals surface area contributed by atoms with Crippen molar-refractivity contribution >= 4 is 45.6 Å². The van der Waals surface area contributed by atoms with Crippen molar-refractivity contribution in [2.45, 2.75) is 33.6 Å². The van der Waals surface area contributed by atoms with E-state index in [1.54, 1.807) is 12.4 Å². The molecule has 0 unspecified atom stereocenters. The molecule has 0 spiro atoms. The number of aromatic nitrogens is 1. The van der Waals surface area contributed by atoms with Gasteiger partial charge in [-0.05, 0) is 66.5 Å². The molecule has 0 aliphatic carbocycles. The van der Waals surface area contributed by atoms with Crippen molar-refractivity contribution in [3.05, 3.63) is 100 Å². The van der Waals surface area contributed by atoms with Crippen LogP contribution in [-0.4, -0.2) is 16.1 Å². The predicted octanol–water partition coefficient (Wildman–Crippen LogP) is 7.98. The van der Waals surface area contributed by atoms with E-state index in [0.717, 1.165) is 10.0 Å². The van der Waals surface area contributed by atoms with Crippen molar-refractivity contribution in [3.63, 3.8) is 0 Å². The maximum absolute atomic E-state index is 5.67. The normalized spacial score (nSPS) is 12.8. The molecule has 2 nitrogen and oxygen atoms in total. The number of halogens is 3. The van der Waals surface area contributed by atoms with E-state index in [2.05, 4.69) is 65.3 Å². The molecule has 1 aliphatic rings. The molecule has 2 heterocycles. The molecule has 0 amide bonds. The summed E-state index contributed by atoms with van der Waals surface area (Å²) in [5, 5.41) is 0. The minimum absolute atomic E-state index is 1.02. The number of pyridine rings is 1. The van der Waals surface area contributed by atoms with Crippen molar-refractivity contribution in [2.24, 2.45) is 0 Å². The zero-order chi connectivity index (χ0) is 22.6. The molecule has 0 radical (unpaired) electrons. The topological polar surface area (TPSA) is 16.1 Å². The number of hydrogen-bond donors (Lipinski definition) is 0. The second-order valence-corrected chi connectivity index (χ2v) is 13.8. The van der Waals surface area contributed by atoms with Gasteiger partial charge in [-0.2, -0.15) is 6.42 Å². The van der Waals surface area contributed by atoms with Gasteiger partial charge in [0.05, 0.1) is 0 Å². The van der Waals surface area contributed by atoms with Crippen molar-refractivity contribution < 1.29 is 13.5 Å². The molecule has 1 saturated heterocycles. The second-order valence-electron chi connectivity index (χ2n) is 7.15. The Balaban J connectivity index is 0.000000176. The van der Waals surface area contributed by atoms with Gasteiger partial charge in [-0.1, -0.05) is 24.1 Å². The van der Waals surface area contributed by atoms with Crippen LogP contribution in [0, 0.1) is 27.3 Å². The summed E-state index contributed by atoms with van der Waals surface area (Å²) in [5.74, 6) is 0. The molecule has 31 heavy (non-hydrogen) atoms. The van der Waals surface area contributed by atoms with Crippen molar-refractivity contribution in [3.8, 4) is 0 Å². The van der Waals surface area contributed by atoms with Gasteiger partial charge in [0.25, 0.3) is 0 Å². The van der Waals surface area contributed by atoms with Crippen LogP contribution >= 0.6 is 35.3 Å². The Labute approximate surface area is 208 Å².